The third kappa shape index (κ3) is 6.97. The van der Waals surface area contributed by atoms with E-state index in [9.17, 15) is 0 Å². The van der Waals surface area contributed by atoms with E-state index in [1.807, 2.05) is 18.2 Å². The van der Waals surface area contributed by atoms with Gasteiger partial charge in [-0.3, -0.25) is 14.9 Å². The number of morpholine rings is 1. The number of rotatable bonds is 7. The predicted octanol–water partition coefficient (Wildman–Crippen LogP) is 0.885. The summed E-state index contributed by atoms with van der Waals surface area (Å²) in [6.07, 6.45) is 2.77. The first-order valence-corrected chi connectivity index (χ1v) is 8.41. The highest BCUT2D eigenvalue weighted by Crippen LogP contribution is 2.08. The number of nitrogens with one attached hydrogen (secondary N) is 1. The second kappa shape index (κ2) is 9.47. The van der Waals surface area contributed by atoms with Gasteiger partial charge in [-0.2, -0.15) is 0 Å². The SMILES string of the molecule is CC(C)CN1CCOC(CN=C(N)NCCc2ccccn2)C1. The molecule has 1 unspecified atom stereocenters. The van der Waals surface area contributed by atoms with Gasteiger partial charge in [0.15, 0.2) is 5.96 Å². The second-order valence-electron chi connectivity index (χ2n) is 6.37. The molecule has 1 fully saturated rings. The molecule has 0 amide bonds. The first kappa shape index (κ1) is 17.7. The maximum absolute atomic E-state index is 5.92. The van der Waals surface area contributed by atoms with Gasteiger partial charge in [0.1, 0.15) is 0 Å². The molecule has 1 aliphatic heterocycles. The number of ether oxygens (including phenoxy) is 1. The number of nitrogens with zero attached hydrogens (tertiary/aromatic N) is 3. The average molecular weight is 319 g/mol. The number of guanidine groups is 1. The quantitative estimate of drug-likeness (QED) is 0.576. The molecule has 6 heteroatoms. The van der Waals surface area contributed by atoms with Crippen molar-refractivity contribution in [3.8, 4) is 0 Å². The molecule has 2 heterocycles. The van der Waals surface area contributed by atoms with Gasteiger partial charge in [-0.25, -0.2) is 0 Å². The van der Waals surface area contributed by atoms with Gasteiger partial charge < -0.3 is 15.8 Å². The van der Waals surface area contributed by atoms with E-state index in [0.717, 1.165) is 44.9 Å². The Morgan fingerprint density at radius 1 is 1.52 bits per heavy atom. The van der Waals surface area contributed by atoms with Gasteiger partial charge in [0.25, 0.3) is 0 Å². The van der Waals surface area contributed by atoms with Crippen molar-refractivity contribution in [2.24, 2.45) is 16.6 Å². The number of aliphatic imine (C=N–C) groups is 1. The van der Waals surface area contributed by atoms with Crippen molar-refractivity contribution in [3.63, 3.8) is 0 Å². The van der Waals surface area contributed by atoms with E-state index in [1.165, 1.54) is 0 Å². The summed E-state index contributed by atoms with van der Waals surface area (Å²) in [6.45, 7) is 9.66. The molecule has 0 aromatic carbocycles. The van der Waals surface area contributed by atoms with Crippen molar-refractivity contribution in [2.45, 2.75) is 26.4 Å². The lowest BCUT2D eigenvalue weighted by Crippen LogP contribution is -2.45. The average Bonchev–Trinajstić information content (AvgIpc) is 2.54. The standard InChI is InChI=1S/C17H29N5O/c1-14(2)12-22-9-10-23-16(13-22)11-21-17(18)20-8-6-15-5-3-4-7-19-15/h3-5,7,14,16H,6,8-13H2,1-2H3,(H3,18,20,21). The van der Waals surface area contributed by atoms with Crippen LogP contribution in [0.2, 0.25) is 0 Å². The molecule has 1 aromatic rings. The van der Waals surface area contributed by atoms with Gasteiger partial charge in [0.05, 0.1) is 19.3 Å². The fourth-order valence-corrected chi connectivity index (χ4v) is 2.69. The zero-order valence-electron chi connectivity index (χ0n) is 14.2. The Kier molecular flexibility index (Phi) is 7.29. The van der Waals surface area contributed by atoms with Crippen LogP contribution < -0.4 is 11.1 Å². The molecule has 128 valence electrons. The summed E-state index contributed by atoms with van der Waals surface area (Å²) >= 11 is 0. The van der Waals surface area contributed by atoms with Crippen molar-refractivity contribution in [1.29, 1.82) is 0 Å². The Balaban J connectivity index is 1.67. The zero-order valence-corrected chi connectivity index (χ0v) is 14.2. The number of aromatic nitrogens is 1. The molecule has 3 N–H and O–H groups in total. The van der Waals surface area contributed by atoms with E-state index >= 15 is 0 Å². The maximum Gasteiger partial charge on any atom is 0.188 e. The topological polar surface area (TPSA) is 75.8 Å². The molecule has 1 aromatic heterocycles. The van der Waals surface area contributed by atoms with E-state index in [4.69, 9.17) is 10.5 Å². The second-order valence-corrected chi connectivity index (χ2v) is 6.37. The van der Waals surface area contributed by atoms with Crippen molar-refractivity contribution in [1.82, 2.24) is 15.2 Å². The lowest BCUT2D eigenvalue weighted by atomic mass is 10.2. The molecule has 2 rings (SSSR count). The minimum atomic E-state index is 0.138. The van der Waals surface area contributed by atoms with E-state index in [-0.39, 0.29) is 6.10 Å². The van der Waals surface area contributed by atoms with Crippen LogP contribution in [0.25, 0.3) is 0 Å². The van der Waals surface area contributed by atoms with E-state index < -0.39 is 0 Å². The lowest BCUT2D eigenvalue weighted by Gasteiger charge is -2.33. The summed E-state index contributed by atoms with van der Waals surface area (Å²) in [5, 5.41) is 3.13. The molecule has 0 bridgehead atoms. The Morgan fingerprint density at radius 2 is 2.39 bits per heavy atom. The normalized spacial score (nSPS) is 20.0. The summed E-state index contributed by atoms with van der Waals surface area (Å²) in [7, 11) is 0. The highest BCUT2D eigenvalue weighted by molar-refractivity contribution is 5.77. The summed E-state index contributed by atoms with van der Waals surface area (Å²) < 4.78 is 5.77. The van der Waals surface area contributed by atoms with Crippen molar-refractivity contribution < 1.29 is 4.74 Å². The van der Waals surface area contributed by atoms with Crippen LogP contribution in [-0.2, 0) is 11.2 Å². The van der Waals surface area contributed by atoms with Crippen LogP contribution in [0.4, 0.5) is 0 Å². The molecule has 1 atom stereocenters. The van der Waals surface area contributed by atoms with Crippen LogP contribution in [0.15, 0.2) is 29.4 Å². The van der Waals surface area contributed by atoms with Gasteiger partial charge in [-0.05, 0) is 18.1 Å². The van der Waals surface area contributed by atoms with Crippen molar-refractivity contribution >= 4 is 5.96 Å². The first-order chi connectivity index (χ1) is 11.1. The van der Waals surface area contributed by atoms with Gasteiger partial charge in [0, 0.05) is 44.5 Å². The third-order valence-electron chi connectivity index (χ3n) is 3.72. The highest BCUT2D eigenvalue weighted by atomic mass is 16.5. The lowest BCUT2D eigenvalue weighted by molar-refractivity contribution is -0.0261. The zero-order chi connectivity index (χ0) is 16.5. The molecule has 23 heavy (non-hydrogen) atoms. The summed E-state index contributed by atoms with van der Waals surface area (Å²) in [6, 6.07) is 5.91. The number of nitrogens with two attached hydrogens (primary N) is 1. The Labute approximate surface area is 139 Å². The van der Waals surface area contributed by atoms with E-state index in [2.05, 4.69) is 34.0 Å². The Hall–Kier alpha value is -1.66. The Bertz CT molecular complexity index is 477. The largest absolute Gasteiger partial charge is 0.374 e. The monoisotopic (exact) mass is 319 g/mol. The van der Waals surface area contributed by atoms with Crippen LogP contribution in [-0.4, -0.2) is 61.3 Å². The minimum Gasteiger partial charge on any atom is -0.374 e. The molecular formula is C17H29N5O. The van der Waals surface area contributed by atoms with Gasteiger partial charge in [-0.15, -0.1) is 0 Å². The first-order valence-electron chi connectivity index (χ1n) is 8.41. The molecule has 6 nitrogen and oxygen atoms in total. The fraction of sp³-hybridized carbons (Fsp3) is 0.647. The predicted molar refractivity (Wildman–Crippen MR) is 93.5 cm³/mol. The number of pyridine rings is 1. The molecule has 0 spiro atoms. The molecule has 1 saturated heterocycles. The van der Waals surface area contributed by atoms with E-state index in [0.29, 0.717) is 18.4 Å². The van der Waals surface area contributed by atoms with Crippen LogP contribution in [0.3, 0.4) is 0 Å². The van der Waals surface area contributed by atoms with Crippen LogP contribution in [0, 0.1) is 5.92 Å². The third-order valence-corrected chi connectivity index (χ3v) is 3.72. The molecule has 1 aliphatic rings. The van der Waals surface area contributed by atoms with Crippen molar-refractivity contribution in [3.05, 3.63) is 30.1 Å². The Morgan fingerprint density at radius 3 is 3.13 bits per heavy atom. The highest BCUT2D eigenvalue weighted by Gasteiger charge is 2.20. The van der Waals surface area contributed by atoms with Gasteiger partial charge >= 0.3 is 0 Å². The smallest absolute Gasteiger partial charge is 0.188 e. The minimum absolute atomic E-state index is 0.138. The molecule has 0 radical (unpaired) electrons. The summed E-state index contributed by atoms with van der Waals surface area (Å²) in [4.78, 5) is 11.1. The molecule has 0 saturated carbocycles. The van der Waals surface area contributed by atoms with Gasteiger partial charge in [-0.1, -0.05) is 19.9 Å². The molecule has 0 aliphatic carbocycles. The molecular weight excluding hydrogens is 290 g/mol. The van der Waals surface area contributed by atoms with E-state index in [1.54, 1.807) is 6.20 Å². The van der Waals surface area contributed by atoms with Crippen molar-refractivity contribution in [2.75, 3.05) is 39.3 Å². The summed E-state index contributed by atoms with van der Waals surface area (Å²) in [5.41, 5.74) is 6.97. The van der Waals surface area contributed by atoms with Crippen LogP contribution in [0.5, 0.6) is 0 Å². The summed E-state index contributed by atoms with van der Waals surface area (Å²) in [5.74, 6) is 1.15. The number of hydrogen-bond acceptors (Lipinski definition) is 4. The maximum atomic E-state index is 5.92. The van der Waals surface area contributed by atoms with Crippen LogP contribution in [0.1, 0.15) is 19.5 Å². The fourth-order valence-electron chi connectivity index (χ4n) is 2.69. The van der Waals surface area contributed by atoms with Crippen LogP contribution >= 0.6 is 0 Å². The van der Waals surface area contributed by atoms with Gasteiger partial charge in [0.2, 0.25) is 0 Å². The number of hydrogen-bond donors (Lipinski definition) is 2.